The van der Waals surface area contributed by atoms with Gasteiger partial charge in [0.25, 0.3) is 0 Å². The molecule has 0 saturated heterocycles. The van der Waals surface area contributed by atoms with Crippen LogP contribution >= 0.6 is 0 Å². The monoisotopic (exact) mass is 213 g/mol. The lowest BCUT2D eigenvalue weighted by molar-refractivity contribution is -0.154. The minimum absolute atomic E-state index is 0.125. The first-order valence-corrected chi connectivity index (χ1v) is 5.84. The van der Waals surface area contributed by atoms with Crippen LogP contribution in [0.15, 0.2) is 0 Å². The summed E-state index contributed by atoms with van der Waals surface area (Å²) in [7, 11) is 0. The molecule has 88 valence electrons. The maximum Gasteiger partial charge on any atom is 0.311 e. The fourth-order valence-corrected chi connectivity index (χ4v) is 1.84. The van der Waals surface area contributed by atoms with Gasteiger partial charge in [-0.1, -0.05) is 12.8 Å². The Labute approximate surface area is 92.4 Å². The molecular formula is C12H23NO2. The van der Waals surface area contributed by atoms with Gasteiger partial charge in [0, 0.05) is 12.0 Å². The van der Waals surface area contributed by atoms with Crippen LogP contribution in [0.2, 0.25) is 0 Å². The van der Waals surface area contributed by atoms with Crippen molar-refractivity contribution in [2.24, 2.45) is 17.1 Å². The lowest BCUT2D eigenvalue weighted by atomic mass is 9.85. The number of nitrogens with two attached hydrogens (primary N) is 1. The maximum absolute atomic E-state index is 11.6. The van der Waals surface area contributed by atoms with E-state index in [-0.39, 0.29) is 12.0 Å². The first kappa shape index (κ1) is 12.5. The molecule has 0 bridgehead atoms. The van der Waals surface area contributed by atoms with Gasteiger partial charge in [0.2, 0.25) is 0 Å². The Balaban J connectivity index is 2.33. The van der Waals surface area contributed by atoms with Gasteiger partial charge in [-0.2, -0.15) is 0 Å². The van der Waals surface area contributed by atoms with E-state index in [2.05, 4.69) is 0 Å². The molecule has 3 heteroatoms. The Morgan fingerprint density at radius 1 is 1.33 bits per heavy atom. The molecule has 1 aliphatic rings. The number of esters is 1. The predicted molar refractivity (Wildman–Crippen MR) is 60.3 cm³/mol. The van der Waals surface area contributed by atoms with Crippen molar-refractivity contribution in [3.63, 3.8) is 0 Å². The topological polar surface area (TPSA) is 52.3 Å². The van der Waals surface area contributed by atoms with E-state index >= 15 is 0 Å². The molecule has 1 rings (SSSR count). The summed E-state index contributed by atoms with van der Waals surface area (Å²) in [5.41, 5.74) is 5.58. The van der Waals surface area contributed by atoms with Crippen molar-refractivity contribution >= 4 is 5.97 Å². The number of carbonyl (C=O) groups excluding carboxylic acids is 1. The van der Waals surface area contributed by atoms with Gasteiger partial charge in [-0.25, -0.2) is 0 Å². The molecule has 0 aliphatic heterocycles. The van der Waals surface area contributed by atoms with Gasteiger partial charge in [-0.15, -0.1) is 0 Å². The zero-order chi connectivity index (χ0) is 11.5. The van der Waals surface area contributed by atoms with Gasteiger partial charge in [0.15, 0.2) is 0 Å². The van der Waals surface area contributed by atoms with Crippen molar-refractivity contribution in [1.82, 2.24) is 0 Å². The van der Waals surface area contributed by atoms with Crippen molar-refractivity contribution in [2.45, 2.75) is 52.5 Å². The van der Waals surface area contributed by atoms with Crippen molar-refractivity contribution < 1.29 is 9.53 Å². The van der Waals surface area contributed by atoms with Gasteiger partial charge in [-0.05, 0) is 33.6 Å². The summed E-state index contributed by atoms with van der Waals surface area (Å²) in [6.07, 6.45) is 4.59. The maximum atomic E-state index is 11.6. The minimum Gasteiger partial charge on any atom is -0.465 e. The fraction of sp³-hybridized carbons (Fsp3) is 0.917. The average Bonchev–Trinajstić information content (AvgIpc) is 2.14. The van der Waals surface area contributed by atoms with Crippen LogP contribution in [-0.2, 0) is 9.53 Å². The number of ether oxygens (including phenoxy) is 1. The van der Waals surface area contributed by atoms with Gasteiger partial charge in [-0.3, -0.25) is 4.79 Å². The SMILES string of the molecule is CC(C)(C)C(=O)OC[C@@H]1CCCC[C@H]1N. The number of hydrogen-bond acceptors (Lipinski definition) is 3. The molecule has 0 unspecified atom stereocenters. The highest BCUT2D eigenvalue weighted by atomic mass is 16.5. The zero-order valence-electron chi connectivity index (χ0n) is 10.1. The van der Waals surface area contributed by atoms with E-state index in [0.29, 0.717) is 12.5 Å². The number of carbonyl (C=O) groups is 1. The normalized spacial score (nSPS) is 27.5. The van der Waals surface area contributed by atoms with Gasteiger partial charge in [0.1, 0.15) is 0 Å². The van der Waals surface area contributed by atoms with Crippen molar-refractivity contribution in [2.75, 3.05) is 6.61 Å². The lowest BCUT2D eigenvalue weighted by Crippen LogP contribution is -2.37. The summed E-state index contributed by atoms with van der Waals surface area (Å²) in [6.45, 7) is 6.11. The molecule has 2 atom stereocenters. The molecule has 1 saturated carbocycles. The summed E-state index contributed by atoms with van der Waals surface area (Å²) in [4.78, 5) is 11.6. The first-order chi connectivity index (χ1) is 6.91. The van der Waals surface area contributed by atoms with Crippen LogP contribution in [-0.4, -0.2) is 18.6 Å². The molecule has 0 radical (unpaired) electrons. The Kier molecular flexibility index (Phi) is 4.14. The molecule has 3 nitrogen and oxygen atoms in total. The summed E-state index contributed by atoms with van der Waals surface area (Å²) in [6, 6.07) is 0.214. The number of hydrogen-bond donors (Lipinski definition) is 1. The van der Waals surface area contributed by atoms with Crippen molar-refractivity contribution in [1.29, 1.82) is 0 Å². The summed E-state index contributed by atoms with van der Waals surface area (Å²) in [5, 5.41) is 0. The van der Waals surface area contributed by atoms with Crippen LogP contribution in [0.25, 0.3) is 0 Å². The molecule has 2 N–H and O–H groups in total. The second-order valence-electron chi connectivity index (χ2n) is 5.56. The summed E-state index contributed by atoms with van der Waals surface area (Å²) < 4.78 is 5.30. The third kappa shape index (κ3) is 3.82. The van der Waals surface area contributed by atoms with E-state index < -0.39 is 5.41 Å². The van der Waals surface area contributed by atoms with E-state index in [1.165, 1.54) is 12.8 Å². The van der Waals surface area contributed by atoms with Gasteiger partial charge in [0.05, 0.1) is 12.0 Å². The standard InChI is InChI=1S/C12H23NO2/c1-12(2,3)11(14)15-8-9-6-4-5-7-10(9)13/h9-10H,4-8,13H2,1-3H3/t9-,10+/m0/s1. The smallest absolute Gasteiger partial charge is 0.311 e. The third-order valence-electron chi connectivity index (χ3n) is 3.01. The third-order valence-corrected chi connectivity index (χ3v) is 3.01. The molecule has 0 spiro atoms. The molecule has 0 aromatic carbocycles. The van der Waals surface area contributed by atoms with Crippen LogP contribution in [0.3, 0.4) is 0 Å². The molecular weight excluding hydrogens is 190 g/mol. The fourth-order valence-electron chi connectivity index (χ4n) is 1.84. The largest absolute Gasteiger partial charge is 0.465 e. The van der Waals surface area contributed by atoms with Crippen LogP contribution in [0.5, 0.6) is 0 Å². The molecule has 0 heterocycles. The Bertz CT molecular complexity index is 220. The highest BCUT2D eigenvalue weighted by Gasteiger charge is 2.27. The van der Waals surface area contributed by atoms with Crippen LogP contribution < -0.4 is 5.73 Å². The predicted octanol–water partition coefficient (Wildman–Crippen LogP) is 2.09. The van der Waals surface area contributed by atoms with Gasteiger partial charge < -0.3 is 10.5 Å². The molecule has 15 heavy (non-hydrogen) atoms. The van der Waals surface area contributed by atoms with Gasteiger partial charge >= 0.3 is 5.97 Å². The van der Waals surface area contributed by atoms with Crippen LogP contribution in [0, 0.1) is 11.3 Å². The first-order valence-electron chi connectivity index (χ1n) is 5.84. The Morgan fingerprint density at radius 3 is 2.47 bits per heavy atom. The Morgan fingerprint density at radius 2 is 1.93 bits per heavy atom. The highest BCUT2D eigenvalue weighted by Crippen LogP contribution is 2.24. The van der Waals surface area contributed by atoms with Crippen LogP contribution in [0.4, 0.5) is 0 Å². The molecule has 1 fully saturated rings. The molecule has 0 aromatic rings. The zero-order valence-corrected chi connectivity index (χ0v) is 10.1. The summed E-state index contributed by atoms with van der Waals surface area (Å²) in [5.74, 6) is 0.241. The van der Waals surface area contributed by atoms with E-state index in [1.54, 1.807) is 0 Å². The molecule has 0 amide bonds. The summed E-state index contributed by atoms with van der Waals surface area (Å²) >= 11 is 0. The van der Waals surface area contributed by atoms with E-state index in [0.717, 1.165) is 12.8 Å². The second kappa shape index (κ2) is 4.97. The molecule has 1 aliphatic carbocycles. The second-order valence-corrected chi connectivity index (χ2v) is 5.56. The minimum atomic E-state index is -0.404. The van der Waals surface area contributed by atoms with E-state index in [9.17, 15) is 4.79 Å². The highest BCUT2D eigenvalue weighted by molar-refractivity contribution is 5.75. The van der Waals surface area contributed by atoms with Crippen molar-refractivity contribution in [3.8, 4) is 0 Å². The number of rotatable bonds is 2. The average molecular weight is 213 g/mol. The van der Waals surface area contributed by atoms with E-state index in [1.807, 2.05) is 20.8 Å². The van der Waals surface area contributed by atoms with Crippen LogP contribution in [0.1, 0.15) is 46.5 Å². The Hall–Kier alpha value is -0.570. The molecule has 0 aromatic heterocycles. The van der Waals surface area contributed by atoms with E-state index in [4.69, 9.17) is 10.5 Å². The lowest BCUT2D eigenvalue weighted by Gasteiger charge is -2.29. The van der Waals surface area contributed by atoms with Crippen molar-refractivity contribution in [3.05, 3.63) is 0 Å². The quantitative estimate of drug-likeness (QED) is 0.715.